The van der Waals surface area contributed by atoms with Gasteiger partial charge in [0.1, 0.15) is 0 Å². The van der Waals surface area contributed by atoms with Crippen molar-refractivity contribution in [3.63, 3.8) is 0 Å². The lowest BCUT2D eigenvalue weighted by atomic mass is 10.2. The van der Waals surface area contributed by atoms with Gasteiger partial charge in [-0.1, -0.05) is 6.92 Å². The van der Waals surface area contributed by atoms with Crippen LogP contribution in [-0.4, -0.2) is 30.4 Å². The molecule has 0 heterocycles. The molecule has 3 N–H and O–H groups in total. The molecule has 0 bridgehead atoms. The van der Waals surface area contributed by atoms with E-state index >= 15 is 0 Å². The summed E-state index contributed by atoms with van der Waals surface area (Å²) in [5, 5.41) is 8.63. The summed E-state index contributed by atoms with van der Waals surface area (Å²) in [6.45, 7) is 6.05. The van der Waals surface area contributed by atoms with Gasteiger partial charge in [-0.2, -0.15) is 5.26 Å². The lowest BCUT2D eigenvalue weighted by Gasteiger charge is -2.20. The van der Waals surface area contributed by atoms with Crippen molar-refractivity contribution < 1.29 is 4.79 Å². The summed E-state index contributed by atoms with van der Waals surface area (Å²) in [6, 6.07) is 2.16. The fraction of sp³-hybridized carbons (Fsp3) is 0.778. The molecule has 1 unspecified atom stereocenters. The molecule has 0 aromatic rings. The number of carbonyl (C=O) groups excluding carboxylic acids is 1. The van der Waals surface area contributed by atoms with Gasteiger partial charge in [0.2, 0.25) is 5.91 Å². The molecule has 80 valence electrons. The molecule has 14 heavy (non-hydrogen) atoms. The van der Waals surface area contributed by atoms with Gasteiger partial charge in [0, 0.05) is 19.5 Å². The molecule has 5 nitrogen and oxygen atoms in total. The number of hydrazine groups is 1. The SMILES string of the molecule is CCN(CCC(=O)NN)CC(C)C#N. The second kappa shape index (κ2) is 7.30. The molecule has 0 aromatic heterocycles. The first kappa shape index (κ1) is 12.9. The minimum absolute atomic E-state index is 0.00381. The Hall–Kier alpha value is -1.12. The van der Waals surface area contributed by atoms with Gasteiger partial charge >= 0.3 is 0 Å². The maximum Gasteiger partial charge on any atom is 0.235 e. The van der Waals surface area contributed by atoms with Crippen molar-refractivity contribution in [3.8, 4) is 6.07 Å². The number of hydrogen-bond donors (Lipinski definition) is 2. The number of nitrogens with zero attached hydrogens (tertiary/aromatic N) is 2. The molecule has 0 aliphatic heterocycles. The fourth-order valence-electron chi connectivity index (χ4n) is 1.14. The molecule has 0 radical (unpaired) electrons. The molecule has 0 aliphatic carbocycles. The maximum absolute atomic E-state index is 10.9. The molecule has 1 amide bonds. The van der Waals surface area contributed by atoms with Crippen LogP contribution in [0, 0.1) is 17.2 Å². The van der Waals surface area contributed by atoms with Gasteiger partial charge in [0.05, 0.1) is 12.0 Å². The Bertz CT molecular complexity index is 211. The molecule has 0 saturated heterocycles. The number of nitrogens with one attached hydrogen (secondary N) is 1. The molecule has 0 aromatic carbocycles. The quantitative estimate of drug-likeness (QED) is 0.353. The van der Waals surface area contributed by atoms with Crippen LogP contribution in [0.3, 0.4) is 0 Å². The first-order valence-corrected chi connectivity index (χ1v) is 4.75. The molecular formula is C9H18N4O. The zero-order chi connectivity index (χ0) is 11.0. The minimum Gasteiger partial charge on any atom is -0.302 e. The smallest absolute Gasteiger partial charge is 0.235 e. The number of hydrogen-bond acceptors (Lipinski definition) is 4. The predicted molar refractivity (Wildman–Crippen MR) is 53.8 cm³/mol. The number of carbonyl (C=O) groups is 1. The summed E-state index contributed by atoms with van der Waals surface area (Å²) in [4.78, 5) is 12.9. The Morgan fingerprint density at radius 1 is 1.71 bits per heavy atom. The average molecular weight is 198 g/mol. The van der Waals surface area contributed by atoms with Crippen LogP contribution < -0.4 is 11.3 Å². The van der Waals surface area contributed by atoms with E-state index in [0.29, 0.717) is 19.5 Å². The van der Waals surface area contributed by atoms with Crippen molar-refractivity contribution in [2.45, 2.75) is 20.3 Å². The molecule has 0 fully saturated rings. The molecule has 0 rings (SSSR count). The van der Waals surface area contributed by atoms with E-state index in [-0.39, 0.29) is 11.8 Å². The van der Waals surface area contributed by atoms with Gasteiger partial charge in [-0.3, -0.25) is 10.2 Å². The minimum atomic E-state index is -0.173. The lowest BCUT2D eigenvalue weighted by Crippen LogP contribution is -2.35. The van der Waals surface area contributed by atoms with Crippen LogP contribution in [0.25, 0.3) is 0 Å². The van der Waals surface area contributed by atoms with Gasteiger partial charge in [-0.05, 0) is 13.5 Å². The lowest BCUT2D eigenvalue weighted by molar-refractivity contribution is -0.121. The first-order valence-electron chi connectivity index (χ1n) is 4.75. The van der Waals surface area contributed by atoms with E-state index in [1.54, 1.807) is 0 Å². The predicted octanol–water partition coefficient (Wildman–Crippen LogP) is -0.152. The Labute approximate surface area is 84.8 Å². The summed E-state index contributed by atoms with van der Waals surface area (Å²) in [7, 11) is 0. The van der Waals surface area contributed by atoms with E-state index in [1.165, 1.54) is 0 Å². The van der Waals surface area contributed by atoms with Crippen molar-refractivity contribution in [2.24, 2.45) is 11.8 Å². The van der Waals surface area contributed by atoms with Crippen LogP contribution >= 0.6 is 0 Å². The summed E-state index contributed by atoms with van der Waals surface area (Å²) in [6.07, 6.45) is 0.377. The highest BCUT2D eigenvalue weighted by molar-refractivity contribution is 5.75. The first-order chi connectivity index (χ1) is 6.63. The summed E-state index contributed by atoms with van der Waals surface area (Å²) < 4.78 is 0. The van der Waals surface area contributed by atoms with Crippen LogP contribution in [0.15, 0.2) is 0 Å². The fourth-order valence-corrected chi connectivity index (χ4v) is 1.14. The van der Waals surface area contributed by atoms with E-state index in [1.807, 2.05) is 13.8 Å². The van der Waals surface area contributed by atoms with Gasteiger partial charge in [0.15, 0.2) is 0 Å². The maximum atomic E-state index is 10.9. The van der Waals surface area contributed by atoms with Gasteiger partial charge in [-0.15, -0.1) is 0 Å². The molecule has 0 aliphatic rings. The van der Waals surface area contributed by atoms with Crippen LogP contribution in [0.2, 0.25) is 0 Å². The van der Waals surface area contributed by atoms with Gasteiger partial charge < -0.3 is 4.90 Å². The second-order valence-corrected chi connectivity index (χ2v) is 3.24. The van der Waals surface area contributed by atoms with E-state index in [4.69, 9.17) is 11.1 Å². The van der Waals surface area contributed by atoms with E-state index < -0.39 is 0 Å². The average Bonchev–Trinajstić information content (AvgIpc) is 2.22. The van der Waals surface area contributed by atoms with E-state index in [9.17, 15) is 4.79 Å². The molecular weight excluding hydrogens is 180 g/mol. The zero-order valence-corrected chi connectivity index (χ0v) is 8.79. The summed E-state index contributed by atoms with van der Waals surface area (Å²) >= 11 is 0. The van der Waals surface area contributed by atoms with Gasteiger partial charge in [0.25, 0.3) is 0 Å². The Kier molecular flexibility index (Phi) is 6.72. The normalized spacial score (nSPS) is 12.2. The van der Waals surface area contributed by atoms with Crippen molar-refractivity contribution >= 4 is 5.91 Å². The standard InChI is InChI=1S/C9H18N4O/c1-3-13(7-8(2)6-10)5-4-9(14)12-11/h8H,3-5,7,11H2,1-2H3,(H,12,14). The number of amides is 1. The highest BCUT2D eigenvalue weighted by atomic mass is 16.2. The van der Waals surface area contributed by atoms with E-state index in [2.05, 4.69) is 16.4 Å². The monoisotopic (exact) mass is 198 g/mol. The summed E-state index contributed by atoms with van der Waals surface area (Å²) in [5.74, 6) is 4.78. The largest absolute Gasteiger partial charge is 0.302 e. The number of rotatable bonds is 6. The highest BCUT2D eigenvalue weighted by Gasteiger charge is 2.09. The van der Waals surface area contributed by atoms with Crippen molar-refractivity contribution in [1.82, 2.24) is 10.3 Å². The van der Waals surface area contributed by atoms with Crippen LogP contribution in [0.1, 0.15) is 20.3 Å². The third-order valence-electron chi connectivity index (χ3n) is 2.02. The van der Waals surface area contributed by atoms with Crippen molar-refractivity contribution in [2.75, 3.05) is 19.6 Å². The van der Waals surface area contributed by atoms with Crippen LogP contribution in [0.4, 0.5) is 0 Å². The van der Waals surface area contributed by atoms with E-state index in [0.717, 1.165) is 6.54 Å². The molecule has 5 heteroatoms. The topological polar surface area (TPSA) is 82.2 Å². The Balaban J connectivity index is 3.80. The van der Waals surface area contributed by atoms with Crippen molar-refractivity contribution in [1.29, 1.82) is 5.26 Å². The Morgan fingerprint density at radius 2 is 2.36 bits per heavy atom. The third-order valence-corrected chi connectivity index (χ3v) is 2.02. The highest BCUT2D eigenvalue weighted by Crippen LogP contribution is 1.99. The molecule has 1 atom stereocenters. The van der Waals surface area contributed by atoms with Crippen LogP contribution in [-0.2, 0) is 4.79 Å². The van der Waals surface area contributed by atoms with Gasteiger partial charge in [-0.25, -0.2) is 5.84 Å². The number of nitrogens with two attached hydrogens (primary N) is 1. The Morgan fingerprint density at radius 3 is 2.79 bits per heavy atom. The zero-order valence-electron chi connectivity index (χ0n) is 8.79. The third kappa shape index (κ3) is 5.51. The molecule has 0 spiro atoms. The molecule has 0 saturated carbocycles. The van der Waals surface area contributed by atoms with Crippen LogP contribution in [0.5, 0.6) is 0 Å². The second-order valence-electron chi connectivity index (χ2n) is 3.24. The summed E-state index contributed by atoms with van der Waals surface area (Å²) in [5.41, 5.74) is 2.08. The van der Waals surface area contributed by atoms with Crippen molar-refractivity contribution in [3.05, 3.63) is 0 Å². The number of nitriles is 1.